The highest BCUT2D eigenvalue weighted by Gasteiger charge is 2.36. The van der Waals surface area contributed by atoms with Crippen molar-refractivity contribution in [3.05, 3.63) is 16.6 Å². The second-order valence-electron chi connectivity index (χ2n) is 5.85. The predicted molar refractivity (Wildman–Crippen MR) is 81.1 cm³/mol. The Kier molecular flexibility index (Phi) is 5.33. The number of hydrogen-bond donors (Lipinski definition) is 1. The summed E-state index contributed by atoms with van der Waals surface area (Å²) in [6, 6.07) is 0.126. The van der Waals surface area contributed by atoms with E-state index in [0.29, 0.717) is 25.8 Å². The third-order valence-electron chi connectivity index (χ3n) is 4.09. The lowest BCUT2D eigenvalue weighted by molar-refractivity contribution is -0.141. The topological polar surface area (TPSA) is 70.5 Å². The first kappa shape index (κ1) is 15.9. The van der Waals surface area contributed by atoms with E-state index in [1.54, 1.807) is 17.5 Å². The SMILES string of the molecule is CC(C)N(CCc1nccs1)C(=O)[C@@H]1CC[C@H](C(=O)O)C1. The minimum Gasteiger partial charge on any atom is -0.481 e. The van der Waals surface area contributed by atoms with Crippen molar-refractivity contribution in [2.24, 2.45) is 11.8 Å². The molecule has 1 fully saturated rings. The summed E-state index contributed by atoms with van der Waals surface area (Å²) in [4.78, 5) is 29.8. The quantitative estimate of drug-likeness (QED) is 0.876. The van der Waals surface area contributed by atoms with Gasteiger partial charge in [-0.3, -0.25) is 9.59 Å². The number of rotatable bonds is 6. The second-order valence-corrected chi connectivity index (χ2v) is 6.83. The third kappa shape index (κ3) is 4.03. The molecule has 1 saturated carbocycles. The molecule has 0 radical (unpaired) electrons. The Morgan fingerprint density at radius 2 is 2.14 bits per heavy atom. The van der Waals surface area contributed by atoms with Gasteiger partial charge in [-0.1, -0.05) is 0 Å². The van der Waals surface area contributed by atoms with Crippen LogP contribution in [0.3, 0.4) is 0 Å². The van der Waals surface area contributed by atoms with Gasteiger partial charge in [-0.15, -0.1) is 11.3 Å². The van der Waals surface area contributed by atoms with Gasteiger partial charge in [0.05, 0.1) is 10.9 Å². The minimum absolute atomic E-state index is 0.102. The van der Waals surface area contributed by atoms with Gasteiger partial charge in [0.15, 0.2) is 0 Å². The molecule has 21 heavy (non-hydrogen) atoms. The van der Waals surface area contributed by atoms with E-state index in [1.165, 1.54) is 0 Å². The summed E-state index contributed by atoms with van der Waals surface area (Å²) in [5.41, 5.74) is 0. The van der Waals surface area contributed by atoms with Crippen LogP contribution in [0.4, 0.5) is 0 Å². The lowest BCUT2D eigenvalue weighted by atomic mass is 10.0. The van der Waals surface area contributed by atoms with E-state index in [-0.39, 0.29) is 23.8 Å². The molecule has 1 heterocycles. The maximum atomic E-state index is 12.6. The summed E-state index contributed by atoms with van der Waals surface area (Å²) < 4.78 is 0. The molecule has 1 aromatic heterocycles. The molecule has 1 aliphatic carbocycles. The van der Waals surface area contributed by atoms with Crippen molar-refractivity contribution in [2.75, 3.05) is 6.54 Å². The molecule has 1 N–H and O–H groups in total. The summed E-state index contributed by atoms with van der Waals surface area (Å²) in [7, 11) is 0. The molecule has 1 aromatic rings. The van der Waals surface area contributed by atoms with Crippen LogP contribution >= 0.6 is 11.3 Å². The van der Waals surface area contributed by atoms with Gasteiger partial charge < -0.3 is 10.0 Å². The molecule has 1 amide bonds. The monoisotopic (exact) mass is 310 g/mol. The Balaban J connectivity index is 1.94. The van der Waals surface area contributed by atoms with E-state index in [2.05, 4.69) is 4.98 Å². The van der Waals surface area contributed by atoms with Crippen molar-refractivity contribution >= 4 is 23.2 Å². The molecule has 1 aliphatic rings. The van der Waals surface area contributed by atoms with Gasteiger partial charge in [-0.2, -0.15) is 0 Å². The van der Waals surface area contributed by atoms with E-state index in [4.69, 9.17) is 5.11 Å². The Labute approximate surface area is 129 Å². The first-order valence-electron chi connectivity index (χ1n) is 7.40. The average molecular weight is 310 g/mol. The second kappa shape index (κ2) is 7.02. The number of hydrogen-bond acceptors (Lipinski definition) is 4. The normalized spacial score (nSPS) is 21.7. The molecule has 0 aliphatic heterocycles. The molecular formula is C15H22N2O3S. The number of aromatic nitrogens is 1. The highest BCUT2D eigenvalue weighted by atomic mass is 32.1. The molecule has 0 aromatic carbocycles. The van der Waals surface area contributed by atoms with Gasteiger partial charge in [0.1, 0.15) is 0 Å². The molecule has 0 bridgehead atoms. The molecule has 6 heteroatoms. The average Bonchev–Trinajstić information content (AvgIpc) is 3.09. The molecule has 5 nitrogen and oxygen atoms in total. The van der Waals surface area contributed by atoms with E-state index < -0.39 is 5.97 Å². The first-order valence-corrected chi connectivity index (χ1v) is 8.28. The Morgan fingerprint density at radius 1 is 1.43 bits per heavy atom. The van der Waals surface area contributed by atoms with Crippen molar-refractivity contribution in [3.8, 4) is 0 Å². The van der Waals surface area contributed by atoms with Gasteiger partial charge >= 0.3 is 5.97 Å². The number of aliphatic carboxylic acids is 1. The van der Waals surface area contributed by atoms with Crippen LogP contribution in [0, 0.1) is 11.8 Å². The lowest BCUT2D eigenvalue weighted by Gasteiger charge is -2.29. The van der Waals surface area contributed by atoms with Crippen LogP contribution in [0.1, 0.15) is 38.1 Å². The zero-order chi connectivity index (χ0) is 15.4. The van der Waals surface area contributed by atoms with Crippen LogP contribution in [0.5, 0.6) is 0 Å². The van der Waals surface area contributed by atoms with Crippen LogP contribution in [0.25, 0.3) is 0 Å². The highest BCUT2D eigenvalue weighted by Crippen LogP contribution is 2.32. The largest absolute Gasteiger partial charge is 0.481 e. The van der Waals surface area contributed by atoms with Crippen LogP contribution < -0.4 is 0 Å². The van der Waals surface area contributed by atoms with Crippen molar-refractivity contribution in [1.82, 2.24) is 9.88 Å². The third-order valence-corrected chi connectivity index (χ3v) is 4.93. The van der Waals surface area contributed by atoms with Gasteiger partial charge in [0.2, 0.25) is 5.91 Å². The summed E-state index contributed by atoms with van der Waals surface area (Å²) in [6.07, 6.45) is 4.32. The number of carbonyl (C=O) groups excluding carboxylic acids is 1. The summed E-state index contributed by atoms with van der Waals surface area (Å²) in [6.45, 7) is 4.66. The predicted octanol–water partition coefficient (Wildman–Crippen LogP) is 2.42. The minimum atomic E-state index is -0.774. The van der Waals surface area contributed by atoms with E-state index in [9.17, 15) is 9.59 Å². The zero-order valence-electron chi connectivity index (χ0n) is 12.5. The Hall–Kier alpha value is -1.43. The van der Waals surface area contributed by atoms with Gasteiger partial charge in [-0.25, -0.2) is 4.98 Å². The smallest absolute Gasteiger partial charge is 0.306 e. The molecular weight excluding hydrogens is 288 g/mol. The summed E-state index contributed by atoms with van der Waals surface area (Å²) >= 11 is 1.60. The molecule has 0 spiro atoms. The number of amides is 1. The van der Waals surface area contributed by atoms with Crippen LogP contribution in [-0.2, 0) is 16.0 Å². The maximum Gasteiger partial charge on any atom is 0.306 e. The van der Waals surface area contributed by atoms with Crippen LogP contribution in [0.2, 0.25) is 0 Å². The molecule has 116 valence electrons. The fourth-order valence-corrected chi connectivity index (χ4v) is 3.49. The Bertz CT molecular complexity index is 487. The van der Waals surface area contributed by atoms with Gasteiger partial charge in [0.25, 0.3) is 0 Å². The van der Waals surface area contributed by atoms with Crippen molar-refractivity contribution in [2.45, 2.75) is 45.6 Å². The molecule has 0 saturated heterocycles. The van der Waals surface area contributed by atoms with E-state index in [1.807, 2.05) is 24.1 Å². The Morgan fingerprint density at radius 3 is 2.67 bits per heavy atom. The fourth-order valence-electron chi connectivity index (χ4n) is 2.88. The maximum absolute atomic E-state index is 12.6. The number of thiazole rings is 1. The van der Waals surface area contributed by atoms with Gasteiger partial charge in [0, 0.05) is 36.5 Å². The number of nitrogens with zero attached hydrogens (tertiary/aromatic N) is 2. The van der Waals surface area contributed by atoms with Crippen molar-refractivity contribution < 1.29 is 14.7 Å². The zero-order valence-corrected chi connectivity index (χ0v) is 13.3. The van der Waals surface area contributed by atoms with Gasteiger partial charge in [-0.05, 0) is 33.1 Å². The van der Waals surface area contributed by atoms with E-state index in [0.717, 1.165) is 11.4 Å². The van der Waals surface area contributed by atoms with Crippen molar-refractivity contribution in [3.63, 3.8) is 0 Å². The lowest BCUT2D eigenvalue weighted by Crippen LogP contribution is -2.41. The molecule has 2 rings (SSSR count). The van der Waals surface area contributed by atoms with E-state index >= 15 is 0 Å². The van der Waals surface area contributed by atoms with Crippen molar-refractivity contribution in [1.29, 1.82) is 0 Å². The standard InChI is InChI=1S/C15H22N2O3S/c1-10(2)17(7-5-13-16-6-8-21-13)14(18)11-3-4-12(9-11)15(19)20/h6,8,10-12H,3-5,7,9H2,1-2H3,(H,19,20)/t11-,12+/m1/s1. The highest BCUT2D eigenvalue weighted by molar-refractivity contribution is 7.09. The summed E-state index contributed by atoms with van der Waals surface area (Å²) in [5, 5.41) is 12.0. The number of carboxylic acid groups (broad SMARTS) is 1. The number of carboxylic acids is 1. The summed E-state index contributed by atoms with van der Waals surface area (Å²) in [5.74, 6) is -1.16. The number of carbonyl (C=O) groups is 2. The fraction of sp³-hybridized carbons (Fsp3) is 0.667. The molecule has 2 atom stereocenters. The van der Waals surface area contributed by atoms with Crippen LogP contribution in [0.15, 0.2) is 11.6 Å². The first-order chi connectivity index (χ1) is 9.99. The molecule has 0 unspecified atom stereocenters. The van der Waals surface area contributed by atoms with Crippen LogP contribution in [-0.4, -0.2) is 39.5 Å².